The van der Waals surface area contributed by atoms with E-state index in [1.807, 2.05) is 12.1 Å². The topological polar surface area (TPSA) is 34.1 Å². The maximum atomic E-state index is 11.7. The van der Waals surface area contributed by atoms with E-state index in [0.717, 1.165) is 6.42 Å². The van der Waals surface area contributed by atoms with Gasteiger partial charge in [-0.15, -0.1) is 6.58 Å². The van der Waals surface area contributed by atoms with Gasteiger partial charge in [0.2, 0.25) is 0 Å². The van der Waals surface area contributed by atoms with Gasteiger partial charge < -0.3 is 0 Å². The molecule has 0 fully saturated rings. The molecule has 88 valence electrons. The lowest BCUT2D eigenvalue weighted by molar-refractivity contribution is 0.599. The van der Waals surface area contributed by atoms with E-state index in [-0.39, 0.29) is 5.75 Å². The van der Waals surface area contributed by atoms with Gasteiger partial charge in [0.15, 0.2) is 9.84 Å². The van der Waals surface area contributed by atoms with E-state index in [4.69, 9.17) is 0 Å². The Hall–Kier alpha value is -1.09. The molecule has 1 aromatic carbocycles. The third-order valence-corrected chi connectivity index (χ3v) is 3.93. The van der Waals surface area contributed by atoms with Crippen LogP contribution in [0.25, 0.3) is 0 Å². The van der Waals surface area contributed by atoms with Gasteiger partial charge in [0.05, 0.1) is 10.6 Å². The second-order valence-corrected chi connectivity index (χ2v) is 6.35. The first-order valence-corrected chi connectivity index (χ1v) is 7.03. The van der Waals surface area contributed by atoms with Crippen LogP contribution in [0.1, 0.15) is 19.4 Å². The van der Waals surface area contributed by atoms with Crippen LogP contribution in [0.4, 0.5) is 0 Å². The van der Waals surface area contributed by atoms with Crippen molar-refractivity contribution < 1.29 is 8.42 Å². The maximum absolute atomic E-state index is 11.7. The van der Waals surface area contributed by atoms with Crippen LogP contribution in [0.2, 0.25) is 0 Å². The molecule has 0 N–H and O–H groups in total. The standard InChI is InChI=1S/C13H18O2S/c1-4-9-16(14,15)13-7-5-12(6-8-13)10-11(2)3/h4-8,11H,1,9-10H2,2-3H3. The Kier molecular flexibility index (Phi) is 4.30. The van der Waals surface area contributed by atoms with Crippen molar-refractivity contribution in [3.63, 3.8) is 0 Å². The van der Waals surface area contributed by atoms with Crippen LogP contribution in [0.5, 0.6) is 0 Å². The van der Waals surface area contributed by atoms with Crippen molar-refractivity contribution in [1.82, 2.24) is 0 Å². The zero-order valence-electron chi connectivity index (χ0n) is 9.81. The minimum atomic E-state index is -3.17. The Morgan fingerprint density at radius 3 is 2.25 bits per heavy atom. The zero-order valence-corrected chi connectivity index (χ0v) is 10.6. The van der Waals surface area contributed by atoms with Crippen molar-refractivity contribution in [2.24, 2.45) is 5.92 Å². The molecule has 0 aliphatic carbocycles. The number of sulfone groups is 1. The fourth-order valence-corrected chi connectivity index (χ4v) is 2.61. The molecular weight excluding hydrogens is 220 g/mol. The molecule has 0 aliphatic heterocycles. The summed E-state index contributed by atoms with van der Waals surface area (Å²) in [6, 6.07) is 7.12. The van der Waals surface area contributed by atoms with Gasteiger partial charge in [0.1, 0.15) is 0 Å². The fraction of sp³-hybridized carbons (Fsp3) is 0.385. The Balaban J connectivity index is 2.90. The molecule has 0 aromatic heterocycles. The summed E-state index contributed by atoms with van der Waals surface area (Å²) in [6.45, 7) is 7.73. The van der Waals surface area contributed by atoms with Crippen molar-refractivity contribution in [2.75, 3.05) is 5.75 Å². The van der Waals surface area contributed by atoms with E-state index in [1.165, 1.54) is 11.6 Å². The fourth-order valence-electron chi connectivity index (χ4n) is 1.56. The third-order valence-electron chi connectivity index (χ3n) is 2.26. The molecule has 3 heteroatoms. The average molecular weight is 238 g/mol. The normalized spacial score (nSPS) is 11.7. The highest BCUT2D eigenvalue weighted by Gasteiger charge is 2.11. The summed E-state index contributed by atoms with van der Waals surface area (Å²) in [5, 5.41) is 0. The number of benzene rings is 1. The highest BCUT2D eigenvalue weighted by molar-refractivity contribution is 7.91. The lowest BCUT2D eigenvalue weighted by Crippen LogP contribution is -2.04. The molecule has 0 heterocycles. The van der Waals surface area contributed by atoms with Gasteiger partial charge in [-0.1, -0.05) is 32.1 Å². The first kappa shape index (κ1) is 13.0. The summed E-state index contributed by atoms with van der Waals surface area (Å²) < 4.78 is 23.4. The Morgan fingerprint density at radius 1 is 1.25 bits per heavy atom. The van der Waals surface area contributed by atoms with Crippen molar-refractivity contribution >= 4 is 9.84 Å². The minimum Gasteiger partial charge on any atom is -0.223 e. The lowest BCUT2D eigenvalue weighted by Gasteiger charge is -2.06. The number of rotatable bonds is 5. The largest absolute Gasteiger partial charge is 0.223 e. The maximum Gasteiger partial charge on any atom is 0.181 e. The van der Waals surface area contributed by atoms with Crippen LogP contribution < -0.4 is 0 Å². The van der Waals surface area contributed by atoms with Gasteiger partial charge in [-0.2, -0.15) is 0 Å². The molecule has 0 atom stereocenters. The molecule has 0 spiro atoms. The quantitative estimate of drug-likeness (QED) is 0.739. The summed E-state index contributed by atoms with van der Waals surface area (Å²) in [7, 11) is -3.17. The van der Waals surface area contributed by atoms with Gasteiger partial charge in [0, 0.05) is 0 Å². The Bertz CT molecular complexity index is 441. The molecule has 16 heavy (non-hydrogen) atoms. The average Bonchev–Trinajstić information content (AvgIpc) is 2.17. The SMILES string of the molecule is C=CCS(=O)(=O)c1ccc(CC(C)C)cc1. The first-order chi connectivity index (χ1) is 7.45. The first-order valence-electron chi connectivity index (χ1n) is 5.38. The molecule has 0 bridgehead atoms. The van der Waals surface area contributed by atoms with Crippen LogP contribution in [0.15, 0.2) is 41.8 Å². The lowest BCUT2D eigenvalue weighted by atomic mass is 10.0. The molecule has 1 rings (SSSR count). The second kappa shape index (κ2) is 5.30. The summed E-state index contributed by atoms with van der Waals surface area (Å²) in [4.78, 5) is 0.375. The predicted molar refractivity (Wildman–Crippen MR) is 67.2 cm³/mol. The number of hydrogen-bond donors (Lipinski definition) is 0. The van der Waals surface area contributed by atoms with Crippen LogP contribution >= 0.6 is 0 Å². The predicted octanol–water partition coefficient (Wildman–Crippen LogP) is 2.84. The monoisotopic (exact) mass is 238 g/mol. The van der Waals surface area contributed by atoms with Gasteiger partial charge in [-0.25, -0.2) is 8.42 Å². The summed E-state index contributed by atoms with van der Waals surface area (Å²) in [5.74, 6) is 0.576. The molecule has 0 saturated heterocycles. The molecule has 0 radical (unpaired) electrons. The third kappa shape index (κ3) is 3.49. The van der Waals surface area contributed by atoms with Crippen molar-refractivity contribution in [3.05, 3.63) is 42.5 Å². The van der Waals surface area contributed by atoms with Crippen LogP contribution in [-0.2, 0) is 16.3 Å². The smallest absolute Gasteiger partial charge is 0.181 e. The van der Waals surface area contributed by atoms with Gasteiger partial charge in [0.25, 0.3) is 0 Å². The highest BCUT2D eigenvalue weighted by atomic mass is 32.2. The van der Waals surface area contributed by atoms with Crippen LogP contribution in [0.3, 0.4) is 0 Å². The molecule has 0 amide bonds. The molecule has 0 saturated carbocycles. The van der Waals surface area contributed by atoms with Gasteiger partial charge in [-0.3, -0.25) is 0 Å². The summed E-state index contributed by atoms with van der Waals surface area (Å²) in [5.41, 5.74) is 1.17. The summed E-state index contributed by atoms with van der Waals surface area (Å²) >= 11 is 0. The highest BCUT2D eigenvalue weighted by Crippen LogP contribution is 2.14. The van der Waals surface area contributed by atoms with E-state index >= 15 is 0 Å². The van der Waals surface area contributed by atoms with Gasteiger partial charge in [-0.05, 0) is 30.0 Å². The van der Waals surface area contributed by atoms with Crippen LogP contribution in [-0.4, -0.2) is 14.2 Å². The van der Waals surface area contributed by atoms with E-state index in [9.17, 15) is 8.42 Å². The molecule has 1 aromatic rings. The second-order valence-electron chi connectivity index (χ2n) is 4.31. The Labute approximate surface area is 97.9 Å². The van der Waals surface area contributed by atoms with Crippen molar-refractivity contribution in [3.8, 4) is 0 Å². The molecule has 0 aliphatic rings. The summed E-state index contributed by atoms with van der Waals surface area (Å²) in [6.07, 6.45) is 2.39. The number of hydrogen-bond acceptors (Lipinski definition) is 2. The molecule has 0 unspecified atom stereocenters. The minimum absolute atomic E-state index is 0.00345. The molecular formula is C13H18O2S. The van der Waals surface area contributed by atoms with Crippen molar-refractivity contribution in [2.45, 2.75) is 25.2 Å². The van der Waals surface area contributed by atoms with E-state index in [0.29, 0.717) is 10.8 Å². The van der Waals surface area contributed by atoms with E-state index in [2.05, 4.69) is 20.4 Å². The van der Waals surface area contributed by atoms with Gasteiger partial charge >= 0.3 is 0 Å². The zero-order chi connectivity index (χ0) is 12.2. The van der Waals surface area contributed by atoms with Crippen molar-refractivity contribution in [1.29, 1.82) is 0 Å². The Morgan fingerprint density at radius 2 is 1.81 bits per heavy atom. The van der Waals surface area contributed by atoms with Crippen LogP contribution in [0, 0.1) is 5.92 Å². The van der Waals surface area contributed by atoms with E-state index in [1.54, 1.807) is 12.1 Å². The molecule has 2 nitrogen and oxygen atoms in total. The van der Waals surface area contributed by atoms with E-state index < -0.39 is 9.84 Å².